The van der Waals surface area contributed by atoms with Gasteiger partial charge in [0.15, 0.2) is 5.58 Å². The largest absolute Gasteiger partial charge is 0.444 e. The molecule has 1 aromatic carbocycles. The van der Waals surface area contributed by atoms with Gasteiger partial charge in [-0.15, -0.1) is 0 Å². The molecule has 1 amide bonds. The number of ether oxygens (including phenoxy) is 1. The number of rotatable bonds is 4. The molecule has 2 unspecified atom stereocenters. The molecule has 2 heterocycles. The highest BCUT2D eigenvalue weighted by Crippen LogP contribution is 2.36. The average Bonchev–Trinajstić information content (AvgIpc) is 3.04. The number of aromatic nitrogens is 1. The van der Waals surface area contributed by atoms with Crippen molar-refractivity contribution in [2.24, 2.45) is 0 Å². The Morgan fingerprint density at radius 3 is 2.69 bits per heavy atom. The van der Waals surface area contributed by atoms with Crippen LogP contribution in [0.2, 0.25) is 5.02 Å². The van der Waals surface area contributed by atoms with Gasteiger partial charge in [0, 0.05) is 37.2 Å². The van der Waals surface area contributed by atoms with Crippen molar-refractivity contribution >= 4 is 34.5 Å². The van der Waals surface area contributed by atoms with Crippen LogP contribution >= 0.6 is 11.6 Å². The third-order valence-electron chi connectivity index (χ3n) is 5.07. The van der Waals surface area contributed by atoms with Crippen molar-refractivity contribution < 1.29 is 13.9 Å². The van der Waals surface area contributed by atoms with Crippen LogP contribution in [-0.2, 0) is 4.74 Å². The molecule has 8 heteroatoms. The highest BCUT2D eigenvalue weighted by atomic mass is 35.5. The monoisotopic (exact) mass is 422 g/mol. The van der Waals surface area contributed by atoms with Gasteiger partial charge in [-0.25, -0.2) is 9.78 Å². The molecule has 0 bridgehead atoms. The van der Waals surface area contributed by atoms with Crippen molar-refractivity contribution in [1.82, 2.24) is 15.2 Å². The highest BCUT2D eigenvalue weighted by molar-refractivity contribution is 6.31. The topological polar surface area (TPSA) is 70.8 Å². The van der Waals surface area contributed by atoms with Crippen LogP contribution in [0.4, 0.5) is 10.5 Å². The minimum Gasteiger partial charge on any atom is -0.444 e. The number of hydrogen-bond acceptors (Lipinski definition) is 6. The first-order chi connectivity index (χ1) is 13.6. The summed E-state index contributed by atoms with van der Waals surface area (Å²) in [5.41, 5.74) is 1.73. The fraction of sp³-hybridized carbons (Fsp3) is 0.619. The second-order valence-electron chi connectivity index (χ2n) is 8.36. The summed E-state index contributed by atoms with van der Waals surface area (Å²) in [4.78, 5) is 21.5. The van der Waals surface area contributed by atoms with Crippen molar-refractivity contribution in [2.45, 2.75) is 59.2 Å². The van der Waals surface area contributed by atoms with Crippen molar-refractivity contribution in [3.63, 3.8) is 0 Å². The molecule has 3 rings (SSSR count). The number of amides is 1. The zero-order valence-electron chi connectivity index (χ0n) is 18.1. The van der Waals surface area contributed by atoms with Gasteiger partial charge in [0.1, 0.15) is 17.2 Å². The van der Waals surface area contributed by atoms with E-state index in [1.165, 1.54) is 0 Å². The fourth-order valence-electron chi connectivity index (χ4n) is 3.73. The average molecular weight is 423 g/mol. The normalized spacial score (nSPS) is 20.2. The number of anilines is 1. The van der Waals surface area contributed by atoms with Crippen LogP contribution < -0.4 is 10.2 Å². The van der Waals surface area contributed by atoms with Crippen LogP contribution in [0.3, 0.4) is 0 Å². The Balaban J connectivity index is 2.04. The SMILES string of the molecule is CCN(CC)c1cc(Cl)cc2nc(C3C(C)NCCN3C(=O)OC(C)(C)C)oc12. The molecule has 1 aliphatic rings. The fourth-order valence-corrected chi connectivity index (χ4v) is 3.94. The summed E-state index contributed by atoms with van der Waals surface area (Å²) < 4.78 is 11.9. The smallest absolute Gasteiger partial charge is 0.411 e. The molecule has 0 spiro atoms. The third-order valence-corrected chi connectivity index (χ3v) is 5.28. The Morgan fingerprint density at radius 1 is 1.38 bits per heavy atom. The lowest BCUT2D eigenvalue weighted by Crippen LogP contribution is -2.54. The number of oxazole rings is 1. The minimum atomic E-state index is -0.569. The number of piperazine rings is 1. The first-order valence-corrected chi connectivity index (χ1v) is 10.6. The number of nitrogens with zero attached hydrogens (tertiary/aromatic N) is 3. The van der Waals surface area contributed by atoms with E-state index < -0.39 is 5.60 Å². The van der Waals surface area contributed by atoms with Crippen LogP contribution in [0.1, 0.15) is 53.5 Å². The standard InChI is InChI=1S/C21H31ClN4O3/c1-7-25(8-2)16-12-14(22)11-15-18(16)28-19(24-15)17-13(3)23-9-10-26(17)20(27)29-21(4,5)6/h11-13,17,23H,7-10H2,1-6H3. The molecule has 29 heavy (non-hydrogen) atoms. The van der Waals surface area contributed by atoms with Crippen molar-refractivity contribution in [1.29, 1.82) is 0 Å². The van der Waals surface area contributed by atoms with Crippen LogP contribution in [-0.4, -0.2) is 53.8 Å². The highest BCUT2D eigenvalue weighted by Gasteiger charge is 2.38. The van der Waals surface area contributed by atoms with E-state index in [9.17, 15) is 4.79 Å². The minimum absolute atomic E-state index is 0.0308. The Kier molecular flexibility index (Phi) is 6.29. The Morgan fingerprint density at radius 2 is 2.07 bits per heavy atom. The molecular formula is C21H31ClN4O3. The first kappa shape index (κ1) is 21.7. The summed E-state index contributed by atoms with van der Waals surface area (Å²) in [5, 5.41) is 4.02. The number of nitrogens with one attached hydrogen (secondary N) is 1. The molecule has 2 atom stereocenters. The first-order valence-electron chi connectivity index (χ1n) is 10.2. The summed E-state index contributed by atoms with van der Waals surface area (Å²) in [6.45, 7) is 14.7. The molecule has 1 saturated heterocycles. The maximum Gasteiger partial charge on any atom is 0.411 e. The van der Waals surface area contributed by atoms with Gasteiger partial charge in [-0.2, -0.15) is 0 Å². The molecule has 1 aliphatic heterocycles. The van der Waals surface area contributed by atoms with Gasteiger partial charge in [-0.05, 0) is 53.7 Å². The number of carbonyl (C=O) groups is 1. The zero-order chi connectivity index (χ0) is 21.3. The predicted octanol–water partition coefficient (Wildman–Crippen LogP) is 4.60. The van der Waals surface area contributed by atoms with Gasteiger partial charge in [0.2, 0.25) is 5.89 Å². The lowest BCUT2D eigenvalue weighted by atomic mass is 10.1. The van der Waals surface area contributed by atoms with Gasteiger partial charge in [0.25, 0.3) is 0 Å². The van der Waals surface area contributed by atoms with Crippen LogP contribution in [0.5, 0.6) is 0 Å². The van der Waals surface area contributed by atoms with E-state index in [0.717, 1.165) is 18.8 Å². The Bertz CT molecular complexity index is 873. The molecule has 160 valence electrons. The lowest BCUT2D eigenvalue weighted by Gasteiger charge is -2.39. The molecule has 1 fully saturated rings. The van der Waals surface area contributed by atoms with E-state index in [0.29, 0.717) is 35.1 Å². The molecule has 1 aromatic heterocycles. The van der Waals surface area contributed by atoms with Crippen molar-refractivity contribution in [2.75, 3.05) is 31.1 Å². The van der Waals surface area contributed by atoms with Crippen LogP contribution in [0.25, 0.3) is 11.1 Å². The van der Waals surface area contributed by atoms with Crippen LogP contribution in [0, 0.1) is 0 Å². The summed E-state index contributed by atoms with van der Waals surface area (Å²) in [6, 6.07) is 3.31. The van der Waals surface area contributed by atoms with Crippen molar-refractivity contribution in [3.05, 3.63) is 23.0 Å². The maximum absolute atomic E-state index is 12.9. The second kappa shape index (κ2) is 8.40. The molecule has 1 N–H and O–H groups in total. The van der Waals surface area contributed by atoms with Gasteiger partial charge in [-0.1, -0.05) is 11.6 Å². The van der Waals surface area contributed by atoms with E-state index in [-0.39, 0.29) is 18.2 Å². The zero-order valence-corrected chi connectivity index (χ0v) is 18.8. The van der Waals surface area contributed by atoms with Crippen LogP contribution in [0.15, 0.2) is 16.5 Å². The predicted molar refractivity (Wildman–Crippen MR) is 116 cm³/mol. The Labute approximate surface area is 177 Å². The molecule has 7 nitrogen and oxygen atoms in total. The van der Waals surface area contributed by atoms with E-state index >= 15 is 0 Å². The number of hydrogen-bond donors (Lipinski definition) is 1. The quantitative estimate of drug-likeness (QED) is 0.776. The van der Waals surface area contributed by atoms with E-state index in [1.807, 2.05) is 33.8 Å². The Hall–Kier alpha value is -1.99. The summed E-state index contributed by atoms with van der Waals surface area (Å²) in [7, 11) is 0. The maximum atomic E-state index is 12.9. The van der Waals surface area contributed by atoms with Crippen molar-refractivity contribution in [3.8, 4) is 0 Å². The second-order valence-corrected chi connectivity index (χ2v) is 8.80. The van der Waals surface area contributed by atoms with Gasteiger partial charge >= 0.3 is 6.09 Å². The number of carbonyl (C=O) groups excluding carboxylic acids is 1. The number of fused-ring (bicyclic) bond motifs is 1. The van der Waals surface area contributed by atoms with E-state index in [4.69, 9.17) is 25.7 Å². The number of halogens is 1. The molecule has 0 saturated carbocycles. The van der Waals surface area contributed by atoms with E-state index in [2.05, 4.69) is 24.1 Å². The molecule has 0 radical (unpaired) electrons. The van der Waals surface area contributed by atoms with E-state index in [1.54, 1.807) is 11.0 Å². The molecule has 0 aliphatic carbocycles. The van der Waals surface area contributed by atoms with Gasteiger partial charge < -0.3 is 19.4 Å². The number of benzene rings is 1. The summed E-state index contributed by atoms with van der Waals surface area (Å²) >= 11 is 6.35. The van der Waals surface area contributed by atoms with Gasteiger partial charge in [-0.3, -0.25) is 4.90 Å². The third kappa shape index (κ3) is 4.61. The molecule has 2 aromatic rings. The molecular weight excluding hydrogens is 392 g/mol. The summed E-state index contributed by atoms with van der Waals surface area (Å²) in [5.74, 6) is 0.487. The summed E-state index contributed by atoms with van der Waals surface area (Å²) in [6.07, 6.45) is -0.361. The van der Waals surface area contributed by atoms with Gasteiger partial charge in [0.05, 0.1) is 5.69 Å². The lowest BCUT2D eigenvalue weighted by molar-refractivity contribution is 0.00267.